The van der Waals surface area contributed by atoms with E-state index < -0.39 is 0 Å². The number of nitrogens with zero attached hydrogens (tertiary/aromatic N) is 2. The van der Waals surface area contributed by atoms with Crippen molar-refractivity contribution < 1.29 is 4.42 Å². The van der Waals surface area contributed by atoms with Crippen molar-refractivity contribution in [3.05, 3.63) is 22.8 Å². The molecule has 0 spiro atoms. The summed E-state index contributed by atoms with van der Waals surface area (Å²) in [4.78, 5) is 8.53. The van der Waals surface area contributed by atoms with Gasteiger partial charge in [-0.15, -0.1) is 11.3 Å². The second-order valence-corrected chi connectivity index (χ2v) is 4.29. The van der Waals surface area contributed by atoms with Gasteiger partial charge < -0.3 is 4.42 Å². The standard InChI is InChI=1S/C10H9N2OS/c1-2-7(3-1)10-12-8(6-14-10)9-11-4-5-13-9/h4-5,7H,1-3H2. The van der Waals surface area contributed by atoms with Crippen molar-refractivity contribution in [3.8, 4) is 11.6 Å². The summed E-state index contributed by atoms with van der Waals surface area (Å²) < 4.78 is 5.17. The molecule has 2 heterocycles. The van der Waals surface area contributed by atoms with Gasteiger partial charge in [-0.25, -0.2) is 9.97 Å². The normalized spacial score (nSPS) is 16.9. The number of hydrogen-bond acceptors (Lipinski definition) is 4. The Morgan fingerprint density at radius 1 is 1.50 bits per heavy atom. The molecule has 3 rings (SSSR count). The molecular formula is C10H9N2OS. The summed E-state index contributed by atoms with van der Waals surface area (Å²) in [5.41, 5.74) is 0.752. The van der Waals surface area contributed by atoms with Crippen LogP contribution in [0.4, 0.5) is 0 Å². The summed E-state index contributed by atoms with van der Waals surface area (Å²) in [6, 6.07) is 0. The molecule has 0 saturated heterocycles. The molecule has 4 heteroatoms. The fourth-order valence-electron chi connectivity index (χ4n) is 1.52. The largest absolute Gasteiger partial charge is 0.443 e. The quantitative estimate of drug-likeness (QED) is 0.756. The van der Waals surface area contributed by atoms with Crippen molar-refractivity contribution in [3.63, 3.8) is 0 Å². The first-order chi connectivity index (χ1) is 6.93. The number of rotatable bonds is 2. The van der Waals surface area contributed by atoms with Crippen LogP contribution in [0, 0.1) is 5.38 Å². The van der Waals surface area contributed by atoms with Crippen molar-refractivity contribution in [2.24, 2.45) is 0 Å². The van der Waals surface area contributed by atoms with Gasteiger partial charge in [0.2, 0.25) is 5.89 Å². The highest BCUT2D eigenvalue weighted by Gasteiger charge is 2.23. The van der Waals surface area contributed by atoms with Crippen LogP contribution in [0.2, 0.25) is 0 Å². The summed E-state index contributed by atoms with van der Waals surface area (Å²) in [5.74, 6) is 1.24. The van der Waals surface area contributed by atoms with E-state index in [-0.39, 0.29) is 0 Å². The molecule has 0 aromatic carbocycles. The molecule has 71 valence electrons. The predicted octanol–water partition coefficient (Wildman–Crippen LogP) is 2.87. The average Bonchev–Trinajstić information content (AvgIpc) is 2.65. The van der Waals surface area contributed by atoms with E-state index in [9.17, 15) is 0 Å². The summed E-state index contributed by atoms with van der Waals surface area (Å²) >= 11 is 1.60. The number of hydrogen-bond donors (Lipinski definition) is 0. The molecule has 2 aromatic rings. The Balaban J connectivity index is 1.90. The van der Waals surface area contributed by atoms with Crippen LogP contribution in [-0.4, -0.2) is 9.97 Å². The minimum absolute atomic E-state index is 0.576. The fraction of sp³-hybridized carbons (Fsp3) is 0.400. The molecule has 0 amide bonds. The maximum Gasteiger partial charge on any atom is 0.246 e. The number of oxazole rings is 1. The van der Waals surface area contributed by atoms with Gasteiger partial charge in [0.05, 0.1) is 16.6 Å². The van der Waals surface area contributed by atoms with Crippen LogP contribution in [0.1, 0.15) is 30.2 Å². The van der Waals surface area contributed by atoms with Gasteiger partial charge >= 0.3 is 0 Å². The SMILES string of the molecule is [c]1sc(C2CCC2)nc1-c1ncco1. The molecule has 0 aliphatic heterocycles. The molecule has 0 bridgehead atoms. The van der Waals surface area contributed by atoms with Crippen molar-refractivity contribution in [1.82, 2.24) is 9.97 Å². The van der Waals surface area contributed by atoms with Crippen LogP contribution >= 0.6 is 11.3 Å². The van der Waals surface area contributed by atoms with E-state index in [0.29, 0.717) is 11.8 Å². The van der Waals surface area contributed by atoms with E-state index in [0.717, 1.165) is 5.69 Å². The molecule has 14 heavy (non-hydrogen) atoms. The Morgan fingerprint density at radius 2 is 2.43 bits per heavy atom. The third-order valence-electron chi connectivity index (χ3n) is 2.56. The zero-order valence-electron chi connectivity index (χ0n) is 7.56. The lowest BCUT2D eigenvalue weighted by atomic mass is 9.86. The average molecular weight is 205 g/mol. The number of thiazole rings is 1. The van der Waals surface area contributed by atoms with E-state index in [1.165, 1.54) is 24.3 Å². The van der Waals surface area contributed by atoms with Gasteiger partial charge in [0.25, 0.3) is 0 Å². The van der Waals surface area contributed by atoms with Crippen LogP contribution in [0.25, 0.3) is 11.6 Å². The van der Waals surface area contributed by atoms with Gasteiger partial charge in [-0.1, -0.05) is 6.42 Å². The first kappa shape index (κ1) is 8.17. The number of aromatic nitrogens is 2. The topological polar surface area (TPSA) is 38.9 Å². The van der Waals surface area contributed by atoms with E-state index in [4.69, 9.17) is 4.42 Å². The third-order valence-corrected chi connectivity index (χ3v) is 3.49. The highest BCUT2D eigenvalue weighted by molar-refractivity contribution is 7.09. The Labute approximate surface area is 85.8 Å². The maximum atomic E-state index is 5.17. The van der Waals surface area contributed by atoms with Crippen molar-refractivity contribution in [2.75, 3.05) is 0 Å². The first-order valence-electron chi connectivity index (χ1n) is 4.72. The lowest BCUT2D eigenvalue weighted by Crippen LogP contribution is -2.07. The fourth-order valence-corrected chi connectivity index (χ4v) is 2.39. The summed E-state index contributed by atoms with van der Waals surface area (Å²) in [5, 5.41) is 4.32. The summed E-state index contributed by atoms with van der Waals surface area (Å²) in [6.45, 7) is 0. The predicted molar refractivity (Wildman–Crippen MR) is 53.0 cm³/mol. The molecule has 2 aromatic heterocycles. The van der Waals surface area contributed by atoms with Crippen LogP contribution in [0.5, 0.6) is 0 Å². The highest BCUT2D eigenvalue weighted by atomic mass is 32.1. The Bertz CT molecular complexity index is 417. The van der Waals surface area contributed by atoms with Crippen molar-refractivity contribution >= 4 is 11.3 Å². The van der Waals surface area contributed by atoms with Gasteiger partial charge in [0, 0.05) is 5.92 Å². The van der Waals surface area contributed by atoms with Gasteiger partial charge in [-0.3, -0.25) is 0 Å². The van der Waals surface area contributed by atoms with Gasteiger partial charge in [0.15, 0.2) is 0 Å². The first-order valence-corrected chi connectivity index (χ1v) is 5.53. The molecule has 1 radical (unpaired) electrons. The molecule has 1 aliphatic rings. The Morgan fingerprint density at radius 3 is 3.07 bits per heavy atom. The van der Waals surface area contributed by atoms with E-state index in [1.807, 2.05) is 0 Å². The molecule has 1 saturated carbocycles. The van der Waals surface area contributed by atoms with E-state index in [1.54, 1.807) is 23.8 Å². The minimum atomic E-state index is 0.576. The molecule has 3 nitrogen and oxygen atoms in total. The molecule has 0 atom stereocenters. The Kier molecular flexibility index (Phi) is 1.87. The highest BCUT2D eigenvalue weighted by Crippen LogP contribution is 2.38. The summed E-state index contributed by atoms with van der Waals surface area (Å²) in [6.07, 6.45) is 7.06. The zero-order chi connectivity index (χ0) is 9.38. The van der Waals surface area contributed by atoms with E-state index in [2.05, 4.69) is 15.3 Å². The minimum Gasteiger partial charge on any atom is -0.443 e. The summed E-state index contributed by atoms with van der Waals surface area (Å²) in [7, 11) is 0. The Hall–Kier alpha value is -1.16. The van der Waals surface area contributed by atoms with E-state index >= 15 is 0 Å². The zero-order valence-corrected chi connectivity index (χ0v) is 8.38. The molecule has 1 aliphatic carbocycles. The third kappa shape index (κ3) is 1.26. The van der Waals surface area contributed by atoms with Crippen LogP contribution in [0.3, 0.4) is 0 Å². The monoisotopic (exact) mass is 205 g/mol. The smallest absolute Gasteiger partial charge is 0.246 e. The lowest BCUT2D eigenvalue weighted by molar-refractivity contribution is 0.418. The van der Waals surface area contributed by atoms with Gasteiger partial charge in [0.1, 0.15) is 12.0 Å². The molecule has 0 unspecified atom stereocenters. The van der Waals surface area contributed by atoms with Crippen LogP contribution < -0.4 is 0 Å². The molecule has 0 N–H and O–H groups in total. The lowest BCUT2D eigenvalue weighted by Gasteiger charge is -2.22. The second-order valence-electron chi connectivity index (χ2n) is 3.47. The van der Waals surface area contributed by atoms with Gasteiger partial charge in [-0.2, -0.15) is 0 Å². The molecule has 1 fully saturated rings. The van der Waals surface area contributed by atoms with Crippen molar-refractivity contribution in [2.45, 2.75) is 25.2 Å². The molecular weight excluding hydrogens is 196 g/mol. The van der Waals surface area contributed by atoms with Crippen LogP contribution in [0.15, 0.2) is 16.9 Å². The van der Waals surface area contributed by atoms with Crippen molar-refractivity contribution in [1.29, 1.82) is 0 Å². The maximum absolute atomic E-state index is 5.17. The van der Waals surface area contributed by atoms with Crippen LogP contribution in [-0.2, 0) is 0 Å². The van der Waals surface area contributed by atoms with Gasteiger partial charge in [-0.05, 0) is 12.8 Å². The second kappa shape index (κ2) is 3.20.